The minimum Gasteiger partial charge on any atom is -0.477 e. The molecule has 66 valence electrons. The molecule has 4 heteroatoms. The number of fused-ring (bicyclic) bond motifs is 1. The topological polar surface area (TPSA) is 67.7 Å². The summed E-state index contributed by atoms with van der Waals surface area (Å²) in [5, 5.41) is 8.80. The third-order valence-corrected chi connectivity index (χ3v) is 1.89. The minimum atomic E-state index is -0.953. The van der Waals surface area contributed by atoms with Gasteiger partial charge in [0.1, 0.15) is 5.69 Å². The van der Waals surface area contributed by atoms with E-state index in [9.17, 15) is 4.79 Å². The minimum absolute atomic E-state index is 0.224. The fourth-order valence-corrected chi connectivity index (χ4v) is 1.29. The lowest BCUT2D eigenvalue weighted by molar-refractivity contribution is 0.0689. The Morgan fingerprint density at radius 2 is 2.00 bits per heavy atom. The highest BCUT2D eigenvalue weighted by Gasteiger charge is 2.07. The average Bonchev–Trinajstić information content (AvgIpc) is 2.46. The molecule has 0 fully saturated rings. The van der Waals surface area contributed by atoms with Gasteiger partial charge in [-0.25, -0.2) is 4.79 Å². The van der Waals surface area contributed by atoms with E-state index in [1.807, 2.05) is 0 Å². The van der Waals surface area contributed by atoms with E-state index in [1.54, 1.807) is 34.9 Å². The number of nitrogen functional groups attached to an aromatic ring is 1. The second-order valence-electron chi connectivity index (χ2n) is 2.78. The molecule has 0 saturated heterocycles. The highest BCUT2D eigenvalue weighted by molar-refractivity contribution is 5.87. The van der Waals surface area contributed by atoms with Crippen molar-refractivity contribution in [3.05, 3.63) is 36.2 Å². The Labute approximate surface area is 74.2 Å². The zero-order chi connectivity index (χ0) is 9.42. The van der Waals surface area contributed by atoms with Crippen molar-refractivity contribution in [1.82, 2.24) is 4.40 Å². The fraction of sp³-hybridized carbons (Fsp3) is 0. The number of anilines is 1. The van der Waals surface area contributed by atoms with Gasteiger partial charge in [-0.15, -0.1) is 0 Å². The highest BCUT2D eigenvalue weighted by Crippen LogP contribution is 2.12. The molecule has 2 aromatic rings. The van der Waals surface area contributed by atoms with Crippen molar-refractivity contribution in [2.75, 3.05) is 5.73 Å². The van der Waals surface area contributed by atoms with Crippen molar-refractivity contribution in [3.63, 3.8) is 0 Å². The molecule has 0 saturated carbocycles. The number of carboxylic acid groups (broad SMARTS) is 1. The Morgan fingerprint density at radius 3 is 2.69 bits per heavy atom. The summed E-state index contributed by atoms with van der Waals surface area (Å²) in [6.07, 6.45) is 1.60. The normalized spacial score (nSPS) is 10.5. The first-order valence-corrected chi connectivity index (χ1v) is 3.78. The van der Waals surface area contributed by atoms with Crippen LogP contribution in [0.4, 0.5) is 5.69 Å². The number of aromatic carboxylic acids is 1. The summed E-state index contributed by atoms with van der Waals surface area (Å²) in [7, 11) is 0. The lowest BCUT2D eigenvalue weighted by atomic mass is 10.4. The van der Waals surface area contributed by atoms with Crippen LogP contribution in [0, 0.1) is 0 Å². The SMILES string of the molecule is Nc1ccc2ccc(C(=O)O)n2c1. The number of nitrogens with two attached hydrogens (primary N) is 1. The number of rotatable bonds is 1. The number of carbonyl (C=O) groups is 1. The number of hydrogen-bond acceptors (Lipinski definition) is 2. The van der Waals surface area contributed by atoms with E-state index < -0.39 is 5.97 Å². The number of nitrogens with zero attached hydrogens (tertiary/aromatic N) is 1. The van der Waals surface area contributed by atoms with Gasteiger partial charge in [0.25, 0.3) is 0 Å². The van der Waals surface area contributed by atoms with E-state index in [0.29, 0.717) is 5.69 Å². The van der Waals surface area contributed by atoms with Crippen LogP contribution in [0.2, 0.25) is 0 Å². The van der Waals surface area contributed by atoms with E-state index >= 15 is 0 Å². The maximum atomic E-state index is 10.7. The Morgan fingerprint density at radius 1 is 1.31 bits per heavy atom. The van der Waals surface area contributed by atoms with Crippen LogP contribution in [0.25, 0.3) is 5.52 Å². The smallest absolute Gasteiger partial charge is 0.352 e. The van der Waals surface area contributed by atoms with E-state index in [0.717, 1.165) is 5.52 Å². The second-order valence-corrected chi connectivity index (χ2v) is 2.78. The molecule has 0 aliphatic rings. The van der Waals surface area contributed by atoms with E-state index in [1.165, 1.54) is 0 Å². The Balaban J connectivity index is 2.79. The summed E-state index contributed by atoms with van der Waals surface area (Å²) < 4.78 is 1.55. The zero-order valence-corrected chi connectivity index (χ0v) is 6.77. The van der Waals surface area contributed by atoms with Crippen LogP contribution in [-0.4, -0.2) is 15.5 Å². The van der Waals surface area contributed by atoms with Gasteiger partial charge < -0.3 is 15.2 Å². The summed E-state index contributed by atoms with van der Waals surface area (Å²) in [5.41, 5.74) is 7.14. The maximum Gasteiger partial charge on any atom is 0.352 e. The molecule has 0 spiro atoms. The molecule has 2 heterocycles. The van der Waals surface area contributed by atoms with Gasteiger partial charge in [-0.1, -0.05) is 0 Å². The Kier molecular flexibility index (Phi) is 1.48. The van der Waals surface area contributed by atoms with Crippen molar-refractivity contribution in [3.8, 4) is 0 Å². The largest absolute Gasteiger partial charge is 0.477 e. The Hall–Kier alpha value is -1.97. The van der Waals surface area contributed by atoms with Crippen LogP contribution in [0.3, 0.4) is 0 Å². The monoisotopic (exact) mass is 176 g/mol. The first-order chi connectivity index (χ1) is 6.18. The zero-order valence-electron chi connectivity index (χ0n) is 6.77. The Bertz CT molecular complexity index is 473. The van der Waals surface area contributed by atoms with Crippen LogP contribution in [-0.2, 0) is 0 Å². The lowest BCUT2D eigenvalue weighted by Crippen LogP contribution is -2.01. The van der Waals surface area contributed by atoms with Gasteiger partial charge in [0.05, 0.1) is 0 Å². The molecule has 3 N–H and O–H groups in total. The standard InChI is InChI=1S/C9H8N2O2/c10-6-1-2-7-3-4-8(9(12)13)11(7)5-6/h1-5H,10H2,(H,12,13). The maximum absolute atomic E-state index is 10.7. The van der Waals surface area contributed by atoms with Gasteiger partial charge in [0.15, 0.2) is 0 Å². The summed E-state index contributed by atoms with van der Waals surface area (Å²) in [6, 6.07) is 6.81. The van der Waals surface area contributed by atoms with Crippen molar-refractivity contribution in [1.29, 1.82) is 0 Å². The van der Waals surface area contributed by atoms with Gasteiger partial charge in [0, 0.05) is 17.4 Å². The number of carboxylic acids is 1. The predicted molar refractivity (Wildman–Crippen MR) is 48.8 cm³/mol. The molecule has 13 heavy (non-hydrogen) atoms. The molecule has 0 unspecified atom stereocenters. The summed E-state index contributed by atoms with van der Waals surface area (Å²) >= 11 is 0. The van der Waals surface area contributed by atoms with E-state index in [-0.39, 0.29) is 5.69 Å². The van der Waals surface area contributed by atoms with Crippen LogP contribution in [0.1, 0.15) is 10.5 Å². The molecular formula is C9H8N2O2. The fourth-order valence-electron chi connectivity index (χ4n) is 1.29. The van der Waals surface area contributed by atoms with Gasteiger partial charge in [0.2, 0.25) is 0 Å². The molecular weight excluding hydrogens is 168 g/mol. The van der Waals surface area contributed by atoms with Gasteiger partial charge in [-0.2, -0.15) is 0 Å². The molecule has 0 aliphatic heterocycles. The molecule has 0 radical (unpaired) electrons. The lowest BCUT2D eigenvalue weighted by Gasteiger charge is -1.99. The molecule has 0 aliphatic carbocycles. The molecule has 0 amide bonds. The summed E-state index contributed by atoms with van der Waals surface area (Å²) in [6.45, 7) is 0. The number of hydrogen-bond donors (Lipinski definition) is 2. The molecule has 0 bridgehead atoms. The molecule has 2 rings (SSSR count). The number of pyridine rings is 1. The summed E-state index contributed by atoms with van der Waals surface area (Å²) in [5.74, 6) is -0.953. The van der Waals surface area contributed by atoms with E-state index in [4.69, 9.17) is 10.8 Å². The summed E-state index contributed by atoms with van der Waals surface area (Å²) in [4.78, 5) is 10.7. The molecule has 2 aromatic heterocycles. The van der Waals surface area contributed by atoms with Crippen molar-refractivity contribution < 1.29 is 9.90 Å². The highest BCUT2D eigenvalue weighted by atomic mass is 16.4. The van der Waals surface area contributed by atoms with Gasteiger partial charge in [-0.05, 0) is 24.3 Å². The first kappa shape index (κ1) is 7.67. The quantitative estimate of drug-likeness (QED) is 0.686. The molecule has 0 atom stereocenters. The average molecular weight is 176 g/mol. The third-order valence-electron chi connectivity index (χ3n) is 1.89. The number of aromatic nitrogens is 1. The van der Waals surface area contributed by atoms with Crippen molar-refractivity contribution in [2.24, 2.45) is 0 Å². The third kappa shape index (κ3) is 1.12. The molecule has 0 aromatic carbocycles. The van der Waals surface area contributed by atoms with E-state index in [2.05, 4.69) is 0 Å². The van der Waals surface area contributed by atoms with Crippen molar-refractivity contribution in [2.45, 2.75) is 0 Å². The van der Waals surface area contributed by atoms with Crippen LogP contribution in [0.5, 0.6) is 0 Å². The first-order valence-electron chi connectivity index (χ1n) is 3.78. The van der Waals surface area contributed by atoms with Crippen LogP contribution in [0.15, 0.2) is 30.5 Å². The van der Waals surface area contributed by atoms with Gasteiger partial charge >= 0.3 is 5.97 Å². The predicted octanol–water partition coefficient (Wildman–Crippen LogP) is 1.22. The second kappa shape index (κ2) is 2.52. The van der Waals surface area contributed by atoms with Gasteiger partial charge in [-0.3, -0.25) is 0 Å². The molecule has 4 nitrogen and oxygen atoms in total. The van der Waals surface area contributed by atoms with Crippen LogP contribution < -0.4 is 5.73 Å². The van der Waals surface area contributed by atoms with Crippen molar-refractivity contribution >= 4 is 17.2 Å². The van der Waals surface area contributed by atoms with Crippen LogP contribution >= 0.6 is 0 Å².